The Morgan fingerprint density at radius 3 is 2.34 bits per heavy atom. The normalized spacial score (nSPS) is 16.1. The fourth-order valence-corrected chi connectivity index (χ4v) is 5.75. The summed E-state index contributed by atoms with van der Waals surface area (Å²) in [5.74, 6) is 0.802. The van der Waals surface area contributed by atoms with Crippen LogP contribution < -0.4 is 10.5 Å². The van der Waals surface area contributed by atoms with Gasteiger partial charge in [0.1, 0.15) is 17.5 Å². The van der Waals surface area contributed by atoms with Gasteiger partial charge in [-0.2, -0.15) is 16.1 Å². The molecule has 2 N–H and O–H groups in total. The third kappa shape index (κ3) is 6.46. The highest BCUT2D eigenvalue weighted by Crippen LogP contribution is 2.25. The summed E-state index contributed by atoms with van der Waals surface area (Å²) in [4.78, 5) is 14.4. The van der Waals surface area contributed by atoms with Gasteiger partial charge in [0.15, 0.2) is 0 Å². The second-order valence-electron chi connectivity index (χ2n) is 7.33. The maximum Gasteiger partial charge on any atom is 0.243 e. The van der Waals surface area contributed by atoms with E-state index >= 15 is 0 Å². The van der Waals surface area contributed by atoms with Gasteiger partial charge in [-0.25, -0.2) is 8.42 Å². The zero-order valence-corrected chi connectivity index (χ0v) is 19.7. The summed E-state index contributed by atoms with van der Waals surface area (Å²) < 4.78 is 39.4. The Kier molecular flexibility index (Phi) is 8.94. The number of thioether (sulfide) groups is 1. The van der Waals surface area contributed by atoms with Gasteiger partial charge in [-0.3, -0.25) is 9.69 Å². The number of nitrogens with two attached hydrogens (primary N) is 1. The average molecular weight is 480 g/mol. The van der Waals surface area contributed by atoms with E-state index < -0.39 is 22.0 Å². The molecular formula is C22H29N3O5S2. The molecule has 174 valence electrons. The lowest BCUT2D eigenvalue weighted by molar-refractivity contribution is -0.121. The standard InChI is InChI=1S/C22H29N3O5S2/c1-31-17-21(22(23)26)25(12-11-24-13-15-29-16-14-24)32(27,28)20-9-7-19(8-10-20)30-18-5-3-2-4-6-18/h2-10,21H,11-17H2,1H3,(H2,23,26)/t21-/m0/s1. The van der Waals surface area contributed by atoms with E-state index in [1.807, 2.05) is 36.6 Å². The first-order valence-electron chi connectivity index (χ1n) is 10.3. The van der Waals surface area contributed by atoms with Crippen molar-refractivity contribution in [1.29, 1.82) is 0 Å². The summed E-state index contributed by atoms with van der Waals surface area (Å²) in [7, 11) is -3.95. The van der Waals surface area contributed by atoms with Crippen LogP contribution in [-0.2, 0) is 19.6 Å². The van der Waals surface area contributed by atoms with Gasteiger partial charge in [-0.15, -0.1) is 0 Å². The summed E-state index contributed by atoms with van der Waals surface area (Å²) in [5.41, 5.74) is 5.61. The second-order valence-corrected chi connectivity index (χ2v) is 10.1. The molecule has 2 aromatic rings. The molecule has 1 aliphatic rings. The van der Waals surface area contributed by atoms with Gasteiger partial charge in [0.05, 0.1) is 18.1 Å². The Hall–Kier alpha value is -2.11. The van der Waals surface area contributed by atoms with Crippen molar-refractivity contribution in [3.63, 3.8) is 0 Å². The van der Waals surface area contributed by atoms with Crippen LogP contribution in [-0.4, -0.2) is 81.0 Å². The third-order valence-corrected chi connectivity index (χ3v) is 7.72. The molecule has 0 spiro atoms. The molecule has 0 saturated carbocycles. The Bertz CT molecular complexity index is 965. The number of nitrogens with zero attached hydrogens (tertiary/aromatic N) is 2. The van der Waals surface area contributed by atoms with Crippen LogP contribution in [0.1, 0.15) is 0 Å². The summed E-state index contributed by atoms with van der Waals surface area (Å²) in [5, 5.41) is 0. The van der Waals surface area contributed by atoms with E-state index in [1.165, 1.54) is 28.2 Å². The monoisotopic (exact) mass is 479 g/mol. The van der Waals surface area contributed by atoms with Gasteiger partial charge in [-0.1, -0.05) is 18.2 Å². The van der Waals surface area contributed by atoms with Crippen LogP contribution in [0.15, 0.2) is 59.5 Å². The van der Waals surface area contributed by atoms with Crippen molar-refractivity contribution >= 4 is 27.7 Å². The van der Waals surface area contributed by atoms with Crippen LogP contribution in [0.5, 0.6) is 11.5 Å². The minimum Gasteiger partial charge on any atom is -0.457 e. The largest absolute Gasteiger partial charge is 0.457 e. The first kappa shape index (κ1) is 24.5. The highest BCUT2D eigenvalue weighted by Gasteiger charge is 2.35. The van der Waals surface area contributed by atoms with Crippen molar-refractivity contribution in [2.24, 2.45) is 5.73 Å². The maximum absolute atomic E-state index is 13.5. The minimum absolute atomic E-state index is 0.0900. The van der Waals surface area contributed by atoms with Crippen LogP contribution in [0.2, 0.25) is 0 Å². The molecule has 8 nitrogen and oxygen atoms in total. The van der Waals surface area contributed by atoms with Crippen molar-refractivity contribution in [1.82, 2.24) is 9.21 Å². The van der Waals surface area contributed by atoms with Crippen LogP contribution in [0.25, 0.3) is 0 Å². The number of amides is 1. The third-order valence-electron chi connectivity index (χ3n) is 5.15. The average Bonchev–Trinajstić information content (AvgIpc) is 2.80. The number of carbonyl (C=O) groups excluding carboxylic acids is 1. The molecule has 32 heavy (non-hydrogen) atoms. The van der Waals surface area contributed by atoms with Crippen molar-refractivity contribution in [3.05, 3.63) is 54.6 Å². The summed E-state index contributed by atoms with van der Waals surface area (Å²) in [6, 6.07) is 14.5. The number of hydrogen-bond donors (Lipinski definition) is 1. The van der Waals surface area contributed by atoms with E-state index in [0.717, 1.165) is 13.1 Å². The molecule has 3 rings (SSSR count). The number of carbonyl (C=O) groups is 1. The van der Waals surface area contributed by atoms with Gasteiger partial charge in [-0.05, 0) is 42.7 Å². The lowest BCUT2D eigenvalue weighted by Crippen LogP contribution is -2.52. The van der Waals surface area contributed by atoms with E-state index in [1.54, 1.807) is 12.1 Å². The Labute approximate surface area is 193 Å². The quantitative estimate of drug-likeness (QED) is 0.526. The molecule has 10 heteroatoms. The predicted octanol–water partition coefficient (Wildman–Crippen LogP) is 2.02. The second kappa shape index (κ2) is 11.7. The Balaban J connectivity index is 1.81. The first-order chi connectivity index (χ1) is 15.4. The van der Waals surface area contributed by atoms with E-state index in [4.69, 9.17) is 15.2 Å². The van der Waals surface area contributed by atoms with Crippen molar-refractivity contribution < 1.29 is 22.7 Å². The van der Waals surface area contributed by atoms with Crippen LogP contribution >= 0.6 is 11.8 Å². The molecule has 0 radical (unpaired) electrons. The first-order valence-corrected chi connectivity index (χ1v) is 13.2. The molecule has 1 heterocycles. The summed E-state index contributed by atoms with van der Waals surface area (Å²) in [6.07, 6.45) is 1.82. The number of hydrogen-bond acceptors (Lipinski definition) is 7. The lowest BCUT2D eigenvalue weighted by Gasteiger charge is -2.32. The fraction of sp³-hybridized carbons (Fsp3) is 0.409. The van der Waals surface area contributed by atoms with E-state index in [-0.39, 0.29) is 17.2 Å². The summed E-state index contributed by atoms with van der Waals surface area (Å²) >= 11 is 1.38. The SMILES string of the molecule is CSC[C@@H](C(N)=O)N(CCN1CCOCC1)S(=O)(=O)c1ccc(Oc2ccccc2)cc1. The zero-order chi connectivity index (χ0) is 23.0. The van der Waals surface area contributed by atoms with Crippen molar-refractivity contribution in [2.75, 3.05) is 51.4 Å². The van der Waals surface area contributed by atoms with Crippen LogP contribution in [0, 0.1) is 0 Å². The molecule has 1 saturated heterocycles. The Morgan fingerprint density at radius 2 is 1.75 bits per heavy atom. The van der Waals surface area contributed by atoms with E-state index in [2.05, 4.69) is 4.90 Å². The van der Waals surface area contributed by atoms with Gasteiger partial charge >= 0.3 is 0 Å². The number of para-hydroxylation sites is 1. The molecule has 0 aromatic heterocycles. The van der Waals surface area contributed by atoms with Gasteiger partial charge in [0.25, 0.3) is 0 Å². The molecule has 0 aliphatic carbocycles. The number of rotatable bonds is 11. The minimum atomic E-state index is -3.95. The number of benzene rings is 2. The molecule has 1 fully saturated rings. The maximum atomic E-state index is 13.5. The highest BCUT2D eigenvalue weighted by molar-refractivity contribution is 7.98. The molecule has 2 aromatic carbocycles. The number of morpholine rings is 1. The number of primary amides is 1. The van der Waals surface area contributed by atoms with Crippen molar-refractivity contribution in [2.45, 2.75) is 10.9 Å². The Morgan fingerprint density at radius 1 is 1.12 bits per heavy atom. The molecule has 0 bridgehead atoms. The van der Waals surface area contributed by atoms with Gasteiger partial charge in [0.2, 0.25) is 15.9 Å². The smallest absolute Gasteiger partial charge is 0.243 e. The molecule has 0 unspecified atom stereocenters. The van der Waals surface area contributed by atoms with E-state index in [9.17, 15) is 13.2 Å². The predicted molar refractivity (Wildman–Crippen MR) is 125 cm³/mol. The van der Waals surface area contributed by atoms with E-state index in [0.29, 0.717) is 31.3 Å². The summed E-state index contributed by atoms with van der Waals surface area (Å²) in [6.45, 7) is 3.33. The van der Waals surface area contributed by atoms with Crippen LogP contribution in [0.4, 0.5) is 0 Å². The molecule has 1 amide bonds. The number of sulfonamides is 1. The lowest BCUT2D eigenvalue weighted by atomic mass is 10.3. The zero-order valence-electron chi connectivity index (χ0n) is 18.1. The van der Waals surface area contributed by atoms with Crippen molar-refractivity contribution in [3.8, 4) is 11.5 Å². The fourth-order valence-electron chi connectivity index (χ4n) is 3.41. The van der Waals surface area contributed by atoms with Crippen LogP contribution in [0.3, 0.4) is 0 Å². The molecule has 1 atom stereocenters. The molecular weight excluding hydrogens is 450 g/mol. The van der Waals surface area contributed by atoms with Gasteiger partial charge < -0.3 is 15.2 Å². The van der Waals surface area contributed by atoms with Gasteiger partial charge in [0, 0.05) is 31.9 Å². The molecule has 1 aliphatic heterocycles. The highest BCUT2D eigenvalue weighted by atomic mass is 32.2. The topological polar surface area (TPSA) is 102 Å². The number of ether oxygens (including phenoxy) is 2.